The molecule has 0 aliphatic rings. The van der Waals surface area contributed by atoms with Crippen LogP contribution in [0.4, 0.5) is 0 Å². The highest BCUT2D eigenvalue weighted by molar-refractivity contribution is 5.63. The lowest BCUT2D eigenvalue weighted by Gasteiger charge is -2.05. The van der Waals surface area contributed by atoms with Crippen LogP contribution in [0.5, 0.6) is 5.75 Å². The number of aromatic nitrogens is 1. The Bertz CT molecular complexity index is 558. The van der Waals surface area contributed by atoms with Crippen molar-refractivity contribution in [1.82, 2.24) is 4.98 Å². The van der Waals surface area contributed by atoms with Crippen LogP contribution in [0, 0.1) is 0 Å². The highest BCUT2D eigenvalue weighted by Gasteiger charge is 2.02. The van der Waals surface area contributed by atoms with Crippen molar-refractivity contribution in [2.24, 2.45) is 5.73 Å². The number of hydrogen-bond acceptors (Lipinski definition) is 3. The first kappa shape index (κ1) is 11.4. The lowest BCUT2D eigenvalue weighted by Crippen LogP contribution is -2.15. The minimum Gasteiger partial charge on any atom is -0.497 e. The number of aromatic amines is 1. The number of methoxy groups -OCH3 is 1. The van der Waals surface area contributed by atoms with Gasteiger partial charge in [0.25, 0.3) is 5.56 Å². The van der Waals surface area contributed by atoms with E-state index in [0.29, 0.717) is 5.56 Å². The molecule has 0 bridgehead atoms. The lowest BCUT2D eigenvalue weighted by molar-refractivity contribution is 0.415. The van der Waals surface area contributed by atoms with Gasteiger partial charge in [0, 0.05) is 18.3 Å². The van der Waals surface area contributed by atoms with Gasteiger partial charge in [-0.25, -0.2) is 0 Å². The zero-order chi connectivity index (χ0) is 12.3. The number of nitrogens with two attached hydrogens (primary N) is 1. The van der Waals surface area contributed by atoms with Gasteiger partial charge in [-0.15, -0.1) is 0 Å². The molecular formula is C13H14N2O2. The first-order chi connectivity index (χ1) is 8.24. The molecule has 1 heterocycles. The number of rotatable bonds is 3. The first-order valence-corrected chi connectivity index (χ1v) is 5.30. The van der Waals surface area contributed by atoms with Gasteiger partial charge in [-0.1, -0.05) is 12.1 Å². The van der Waals surface area contributed by atoms with Crippen LogP contribution in [0.15, 0.2) is 41.3 Å². The molecule has 0 spiro atoms. The van der Waals surface area contributed by atoms with E-state index in [0.717, 1.165) is 16.9 Å². The van der Waals surface area contributed by atoms with E-state index in [2.05, 4.69) is 4.98 Å². The highest BCUT2D eigenvalue weighted by atomic mass is 16.5. The summed E-state index contributed by atoms with van der Waals surface area (Å²) in [6, 6.07) is 9.44. The van der Waals surface area contributed by atoms with E-state index in [1.54, 1.807) is 19.4 Å². The van der Waals surface area contributed by atoms with Crippen LogP contribution in [0.3, 0.4) is 0 Å². The monoisotopic (exact) mass is 230 g/mol. The van der Waals surface area contributed by atoms with E-state index < -0.39 is 0 Å². The van der Waals surface area contributed by atoms with E-state index >= 15 is 0 Å². The van der Waals surface area contributed by atoms with E-state index in [9.17, 15) is 4.79 Å². The molecule has 17 heavy (non-hydrogen) atoms. The standard InChI is InChI=1S/C13H14N2O2/c1-17-12-4-2-9(3-5-12)11-6-10(7-14)13(16)15-8-11/h2-6,8H,7,14H2,1H3,(H,15,16). The van der Waals surface area contributed by atoms with Crippen molar-refractivity contribution < 1.29 is 4.74 Å². The van der Waals surface area contributed by atoms with Crippen molar-refractivity contribution >= 4 is 0 Å². The Morgan fingerprint density at radius 1 is 1.24 bits per heavy atom. The van der Waals surface area contributed by atoms with Crippen LogP contribution in [0.25, 0.3) is 11.1 Å². The Kier molecular flexibility index (Phi) is 3.25. The molecule has 0 amide bonds. The Morgan fingerprint density at radius 3 is 2.53 bits per heavy atom. The van der Waals surface area contributed by atoms with Gasteiger partial charge in [-0.3, -0.25) is 4.79 Å². The van der Waals surface area contributed by atoms with Gasteiger partial charge < -0.3 is 15.5 Å². The average Bonchev–Trinajstić information content (AvgIpc) is 2.39. The zero-order valence-corrected chi connectivity index (χ0v) is 9.57. The van der Waals surface area contributed by atoms with Crippen LogP contribution in [0.1, 0.15) is 5.56 Å². The molecule has 4 heteroatoms. The van der Waals surface area contributed by atoms with Gasteiger partial charge in [0.2, 0.25) is 0 Å². The molecule has 0 saturated heterocycles. The molecule has 2 rings (SSSR count). The van der Waals surface area contributed by atoms with Crippen LogP contribution in [-0.2, 0) is 6.54 Å². The molecule has 1 aromatic heterocycles. The fraction of sp³-hybridized carbons (Fsp3) is 0.154. The van der Waals surface area contributed by atoms with E-state index in [-0.39, 0.29) is 12.1 Å². The van der Waals surface area contributed by atoms with Gasteiger partial charge in [-0.05, 0) is 29.3 Å². The van der Waals surface area contributed by atoms with Crippen molar-refractivity contribution in [2.75, 3.05) is 7.11 Å². The van der Waals surface area contributed by atoms with Gasteiger partial charge in [0.15, 0.2) is 0 Å². The molecule has 0 saturated carbocycles. The van der Waals surface area contributed by atoms with Crippen molar-refractivity contribution in [3.05, 3.63) is 52.4 Å². The number of nitrogens with one attached hydrogen (secondary N) is 1. The summed E-state index contributed by atoms with van der Waals surface area (Å²) in [5.41, 5.74) is 7.90. The molecule has 0 radical (unpaired) electrons. The van der Waals surface area contributed by atoms with Crippen molar-refractivity contribution in [1.29, 1.82) is 0 Å². The third kappa shape index (κ3) is 2.37. The van der Waals surface area contributed by atoms with E-state index in [1.165, 1.54) is 0 Å². The number of ether oxygens (including phenoxy) is 1. The summed E-state index contributed by atoms with van der Waals surface area (Å²) >= 11 is 0. The molecule has 1 aromatic carbocycles. The second kappa shape index (κ2) is 4.84. The van der Waals surface area contributed by atoms with Gasteiger partial charge in [0.05, 0.1) is 7.11 Å². The molecule has 2 aromatic rings. The maximum atomic E-state index is 11.4. The van der Waals surface area contributed by atoms with Crippen LogP contribution in [0.2, 0.25) is 0 Å². The molecular weight excluding hydrogens is 216 g/mol. The zero-order valence-electron chi connectivity index (χ0n) is 9.57. The first-order valence-electron chi connectivity index (χ1n) is 5.30. The predicted octanol–water partition coefficient (Wildman–Crippen LogP) is 1.51. The van der Waals surface area contributed by atoms with Crippen molar-refractivity contribution in [3.8, 4) is 16.9 Å². The Balaban J connectivity index is 2.42. The lowest BCUT2D eigenvalue weighted by atomic mass is 10.1. The smallest absolute Gasteiger partial charge is 0.252 e. The number of pyridine rings is 1. The second-order valence-electron chi connectivity index (χ2n) is 3.68. The minimum atomic E-state index is -0.134. The molecule has 3 N–H and O–H groups in total. The second-order valence-corrected chi connectivity index (χ2v) is 3.68. The summed E-state index contributed by atoms with van der Waals surface area (Å²) in [4.78, 5) is 14.1. The molecule has 0 fully saturated rings. The molecule has 88 valence electrons. The number of H-pyrrole nitrogens is 1. The summed E-state index contributed by atoms with van der Waals surface area (Å²) in [5, 5.41) is 0. The van der Waals surface area contributed by atoms with E-state index in [4.69, 9.17) is 10.5 Å². The largest absolute Gasteiger partial charge is 0.497 e. The highest BCUT2D eigenvalue weighted by Crippen LogP contribution is 2.21. The molecule has 4 nitrogen and oxygen atoms in total. The van der Waals surface area contributed by atoms with Crippen LogP contribution >= 0.6 is 0 Å². The number of hydrogen-bond donors (Lipinski definition) is 2. The molecule has 0 aliphatic carbocycles. The van der Waals surface area contributed by atoms with Gasteiger partial charge >= 0.3 is 0 Å². The predicted molar refractivity (Wildman–Crippen MR) is 66.9 cm³/mol. The van der Waals surface area contributed by atoms with Crippen molar-refractivity contribution in [2.45, 2.75) is 6.54 Å². The summed E-state index contributed by atoms with van der Waals surface area (Å²) in [6.07, 6.45) is 1.68. The summed E-state index contributed by atoms with van der Waals surface area (Å²) in [6.45, 7) is 0.235. The SMILES string of the molecule is COc1ccc(-c2c[nH]c(=O)c(CN)c2)cc1. The van der Waals surface area contributed by atoms with Crippen LogP contribution in [-0.4, -0.2) is 12.1 Å². The van der Waals surface area contributed by atoms with Gasteiger partial charge in [0.1, 0.15) is 5.75 Å². The van der Waals surface area contributed by atoms with E-state index in [1.807, 2.05) is 24.3 Å². The molecule has 0 aliphatic heterocycles. The Labute approximate surface area is 99.1 Å². The Morgan fingerprint density at radius 2 is 1.94 bits per heavy atom. The third-order valence-electron chi connectivity index (χ3n) is 2.62. The van der Waals surface area contributed by atoms with Crippen LogP contribution < -0.4 is 16.0 Å². The molecule has 0 unspecified atom stereocenters. The van der Waals surface area contributed by atoms with Gasteiger partial charge in [-0.2, -0.15) is 0 Å². The normalized spacial score (nSPS) is 10.2. The average molecular weight is 230 g/mol. The number of benzene rings is 1. The third-order valence-corrected chi connectivity index (χ3v) is 2.62. The summed E-state index contributed by atoms with van der Waals surface area (Å²) < 4.78 is 5.09. The fourth-order valence-electron chi connectivity index (χ4n) is 1.63. The quantitative estimate of drug-likeness (QED) is 0.839. The maximum absolute atomic E-state index is 11.4. The maximum Gasteiger partial charge on any atom is 0.252 e. The fourth-order valence-corrected chi connectivity index (χ4v) is 1.63. The topological polar surface area (TPSA) is 68.1 Å². The summed E-state index contributed by atoms with van der Waals surface area (Å²) in [5.74, 6) is 0.803. The summed E-state index contributed by atoms with van der Waals surface area (Å²) in [7, 11) is 1.63. The van der Waals surface area contributed by atoms with Crippen molar-refractivity contribution in [3.63, 3.8) is 0 Å². The Hall–Kier alpha value is -2.07. The molecule has 0 atom stereocenters. The minimum absolute atomic E-state index is 0.134.